The minimum atomic E-state index is -0.890. The Morgan fingerprint density at radius 1 is 1.00 bits per heavy atom. The summed E-state index contributed by atoms with van der Waals surface area (Å²) in [6.45, 7) is 5.93. The van der Waals surface area contributed by atoms with Crippen molar-refractivity contribution in [2.45, 2.75) is 32.7 Å². The van der Waals surface area contributed by atoms with Crippen molar-refractivity contribution in [1.82, 2.24) is 15.1 Å². The fourth-order valence-corrected chi connectivity index (χ4v) is 3.46. The molecule has 0 radical (unpaired) electrons. The highest BCUT2D eigenvalue weighted by molar-refractivity contribution is 6.33. The quantitative estimate of drug-likeness (QED) is 0.606. The molecule has 0 spiro atoms. The number of carbonyl (C=O) groups excluding carboxylic acids is 2. The lowest BCUT2D eigenvalue weighted by Crippen LogP contribution is -2.37. The molecule has 156 valence electrons. The number of hydrogen-bond acceptors (Lipinski definition) is 3. The number of nitrogens with zero attached hydrogens (tertiary/aromatic N) is 2. The molecule has 3 aromatic rings. The van der Waals surface area contributed by atoms with Gasteiger partial charge in [0, 0.05) is 12.7 Å². The zero-order valence-corrected chi connectivity index (χ0v) is 18.2. The normalized spacial score (nSPS) is 11.9. The maximum absolute atomic E-state index is 13.1. The Labute approximate surface area is 181 Å². The van der Waals surface area contributed by atoms with Gasteiger partial charge in [-0.25, -0.2) is 0 Å². The number of amides is 2. The van der Waals surface area contributed by atoms with Gasteiger partial charge < -0.3 is 10.6 Å². The third-order valence-electron chi connectivity index (χ3n) is 4.89. The summed E-state index contributed by atoms with van der Waals surface area (Å²) in [5.41, 5.74) is 3.27. The van der Waals surface area contributed by atoms with Crippen LogP contribution in [0.15, 0.2) is 54.6 Å². The van der Waals surface area contributed by atoms with Gasteiger partial charge in [0.15, 0.2) is 0 Å². The van der Waals surface area contributed by atoms with Crippen molar-refractivity contribution in [1.29, 1.82) is 0 Å². The largest absolute Gasteiger partial charge is 0.336 e. The zero-order chi connectivity index (χ0) is 21.8. The van der Waals surface area contributed by atoms with E-state index in [1.807, 2.05) is 42.5 Å². The summed E-state index contributed by atoms with van der Waals surface area (Å²) in [7, 11) is 1.66. The van der Waals surface area contributed by atoms with Crippen LogP contribution in [-0.2, 0) is 11.8 Å². The number of hydrogen-bond donors (Lipinski definition) is 2. The van der Waals surface area contributed by atoms with Crippen LogP contribution in [0.2, 0.25) is 5.15 Å². The Morgan fingerprint density at radius 3 is 2.17 bits per heavy atom. The van der Waals surface area contributed by atoms with Crippen LogP contribution in [0.25, 0.3) is 0 Å². The lowest BCUT2D eigenvalue weighted by atomic mass is 10.0. The lowest BCUT2D eigenvalue weighted by molar-refractivity contribution is -0.118. The van der Waals surface area contributed by atoms with E-state index in [1.54, 1.807) is 26.1 Å². The van der Waals surface area contributed by atoms with Crippen LogP contribution < -0.4 is 10.6 Å². The van der Waals surface area contributed by atoms with E-state index in [0.29, 0.717) is 22.9 Å². The molecule has 0 aliphatic rings. The molecule has 3 rings (SSSR count). The second kappa shape index (κ2) is 9.13. The first-order chi connectivity index (χ1) is 14.3. The molecule has 1 heterocycles. The summed E-state index contributed by atoms with van der Waals surface area (Å²) in [6, 6.07) is 15.9. The van der Waals surface area contributed by atoms with Crippen molar-refractivity contribution < 1.29 is 9.59 Å². The molecule has 0 aliphatic carbocycles. The standard InChI is InChI=1S/C23H25ClN4O2/c1-14(2)16-10-12-18(13-11-16)25-23(30)20(17-8-6-5-7-9-17)26-22(29)19-15(3)27-28(4)21(19)24/h5-14,20H,1-4H3,(H,25,30)(H,26,29)/t20-/m1/s1. The van der Waals surface area contributed by atoms with Crippen LogP contribution in [-0.4, -0.2) is 21.6 Å². The van der Waals surface area contributed by atoms with Crippen LogP contribution in [0.4, 0.5) is 5.69 Å². The highest BCUT2D eigenvalue weighted by atomic mass is 35.5. The van der Waals surface area contributed by atoms with Crippen molar-refractivity contribution in [3.63, 3.8) is 0 Å². The van der Waals surface area contributed by atoms with Gasteiger partial charge in [-0.15, -0.1) is 0 Å². The van der Waals surface area contributed by atoms with Crippen LogP contribution in [0, 0.1) is 6.92 Å². The molecule has 2 N–H and O–H groups in total. The Bertz CT molecular complexity index is 1040. The number of benzene rings is 2. The number of aryl methyl sites for hydroxylation is 2. The van der Waals surface area contributed by atoms with E-state index in [1.165, 1.54) is 10.2 Å². The fourth-order valence-electron chi connectivity index (χ4n) is 3.20. The van der Waals surface area contributed by atoms with Crippen LogP contribution in [0.1, 0.15) is 53.0 Å². The minimum absolute atomic E-state index is 0.224. The van der Waals surface area contributed by atoms with E-state index in [4.69, 9.17) is 11.6 Å². The first-order valence-corrected chi connectivity index (χ1v) is 10.1. The number of carbonyl (C=O) groups is 2. The van der Waals surface area contributed by atoms with E-state index in [9.17, 15) is 9.59 Å². The van der Waals surface area contributed by atoms with Gasteiger partial charge in [0.1, 0.15) is 11.2 Å². The molecule has 6 nitrogen and oxygen atoms in total. The van der Waals surface area contributed by atoms with Gasteiger partial charge in [-0.2, -0.15) is 5.10 Å². The van der Waals surface area contributed by atoms with Crippen molar-refractivity contribution >= 4 is 29.1 Å². The molecule has 2 aromatic carbocycles. The molecule has 1 atom stereocenters. The maximum Gasteiger partial charge on any atom is 0.257 e. The van der Waals surface area contributed by atoms with Crippen molar-refractivity contribution in [3.8, 4) is 0 Å². The molecule has 0 saturated heterocycles. The number of anilines is 1. The van der Waals surface area contributed by atoms with Gasteiger partial charge in [0.2, 0.25) is 0 Å². The van der Waals surface area contributed by atoms with Gasteiger partial charge in [0.05, 0.1) is 11.3 Å². The van der Waals surface area contributed by atoms with Gasteiger partial charge in [0.25, 0.3) is 11.8 Å². The molecular formula is C23H25ClN4O2. The first-order valence-electron chi connectivity index (χ1n) is 9.73. The number of aromatic nitrogens is 2. The zero-order valence-electron chi connectivity index (χ0n) is 17.4. The van der Waals surface area contributed by atoms with Gasteiger partial charge in [-0.05, 0) is 36.1 Å². The van der Waals surface area contributed by atoms with E-state index < -0.39 is 11.9 Å². The van der Waals surface area contributed by atoms with Crippen LogP contribution >= 0.6 is 11.6 Å². The summed E-state index contributed by atoms with van der Waals surface area (Å²) in [5, 5.41) is 10.1. The fraction of sp³-hybridized carbons (Fsp3) is 0.261. The Morgan fingerprint density at radius 2 is 1.63 bits per heavy atom. The van der Waals surface area contributed by atoms with E-state index >= 15 is 0 Å². The molecule has 0 fully saturated rings. The smallest absolute Gasteiger partial charge is 0.257 e. The summed E-state index contributed by atoms with van der Waals surface area (Å²) < 4.78 is 1.43. The Kier molecular flexibility index (Phi) is 6.57. The second-order valence-electron chi connectivity index (χ2n) is 7.46. The number of rotatable bonds is 6. The summed E-state index contributed by atoms with van der Waals surface area (Å²) in [6.07, 6.45) is 0. The van der Waals surface area contributed by atoms with Crippen LogP contribution in [0.5, 0.6) is 0 Å². The second-order valence-corrected chi connectivity index (χ2v) is 7.82. The molecule has 7 heteroatoms. The van der Waals surface area contributed by atoms with E-state index in [-0.39, 0.29) is 16.6 Å². The van der Waals surface area contributed by atoms with E-state index in [2.05, 4.69) is 29.6 Å². The first kappa shape index (κ1) is 21.6. The molecule has 1 aromatic heterocycles. The molecule has 30 heavy (non-hydrogen) atoms. The number of nitrogens with one attached hydrogen (secondary N) is 2. The summed E-state index contributed by atoms with van der Waals surface area (Å²) >= 11 is 6.23. The summed E-state index contributed by atoms with van der Waals surface area (Å²) in [5.74, 6) is -0.396. The number of halogens is 1. The predicted octanol–water partition coefficient (Wildman–Crippen LogP) is 4.62. The maximum atomic E-state index is 13.1. The average Bonchev–Trinajstić information content (AvgIpc) is 2.98. The molecular weight excluding hydrogens is 400 g/mol. The van der Waals surface area contributed by atoms with Gasteiger partial charge in [-0.3, -0.25) is 14.3 Å². The molecule has 0 saturated carbocycles. The third kappa shape index (κ3) is 4.71. The molecule has 0 bridgehead atoms. The average molecular weight is 425 g/mol. The van der Waals surface area contributed by atoms with Crippen molar-refractivity contribution in [3.05, 3.63) is 82.1 Å². The monoisotopic (exact) mass is 424 g/mol. The Balaban J connectivity index is 1.85. The highest BCUT2D eigenvalue weighted by Gasteiger charge is 2.27. The van der Waals surface area contributed by atoms with Gasteiger partial charge >= 0.3 is 0 Å². The van der Waals surface area contributed by atoms with Crippen molar-refractivity contribution in [2.75, 3.05) is 5.32 Å². The minimum Gasteiger partial charge on any atom is -0.336 e. The summed E-state index contributed by atoms with van der Waals surface area (Å²) in [4.78, 5) is 26.0. The topological polar surface area (TPSA) is 76.0 Å². The molecule has 0 unspecified atom stereocenters. The third-order valence-corrected chi connectivity index (χ3v) is 5.33. The molecule has 2 amide bonds. The SMILES string of the molecule is Cc1nn(C)c(Cl)c1C(=O)N[C@@H](C(=O)Nc1ccc(C(C)C)cc1)c1ccccc1. The highest BCUT2D eigenvalue weighted by Crippen LogP contribution is 2.22. The molecule has 0 aliphatic heterocycles. The van der Waals surface area contributed by atoms with Gasteiger partial charge in [-0.1, -0.05) is 67.9 Å². The van der Waals surface area contributed by atoms with Crippen molar-refractivity contribution in [2.24, 2.45) is 7.05 Å². The lowest BCUT2D eigenvalue weighted by Gasteiger charge is -2.19. The van der Waals surface area contributed by atoms with E-state index in [0.717, 1.165) is 0 Å². The Hall–Kier alpha value is -3.12. The van der Waals surface area contributed by atoms with Crippen LogP contribution in [0.3, 0.4) is 0 Å². The predicted molar refractivity (Wildman–Crippen MR) is 119 cm³/mol.